The van der Waals surface area contributed by atoms with Gasteiger partial charge in [0.1, 0.15) is 11.6 Å². The molecule has 7 nitrogen and oxygen atoms in total. The maximum absolute atomic E-state index is 14.7. The van der Waals surface area contributed by atoms with Gasteiger partial charge in [-0.05, 0) is 116 Å². The van der Waals surface area contributed by atoms with E-state index in [1.165, 1.54) is 33.4 Å². The Morgan fingerprint density at radius 1 is 1.00 bits per heavy atom. The Balaban J connectivity index is 1.23. The first-order chi connectivity index (χ1) is 19.5. The Kier molecular flexibility index (Phi) is 9.06. The number of hydrogen-bond donors (Lipinski definition) is 2. The lowest BCUT2D eigenvalue weighted by atomic mass is 9.90. The number of halogens is 1. The number of hydrogen-bond acceptors (Lipinski definition) is 6. The molecule has 2 N–H and O–H groups in total. The number of tetrazole rings is 1. The molecular formula is C32H38FN5O2. The highest BCUT2D eigenvalue weighted by atomic mass is 19.1. The average Bonchev–Trinajstić information content (AvgIpc) is 3.47. The second-order valence-electron chi connectivity index (χ2n) is 10.7. The van der Waals surface area contributed by atoms with E-state index in [0.29, 0.717) is 36.7 Å². The van der Waals surface area contributed by atoms with Gasteiger partial charge in [-0.2, -0.15) is 5.21 Å². The molecule has 4 aromatic rings. The van der Waals surface area contributed by atoms with Gasteiger partial charge in [0.15, 0.2) is 5.82 Å². The predicted molar refractivity (Wildman–Crippen MR) is 155 cm³/mol. The number of aryl methyl sites for hydroxylation is 4. The molecule has 0 amide bonds. The number of ether oxygens (including phenoxy) is 2. The standard InChI is InChI=1S/C32H38FN5O2/c1-21-17-28(40-16-13-24-11-14-39-15-12-24)18-22(2)32(21)29-6-4-5-26(23(29)3)20-34-27-9-7-25(30(33)19-27)8-10-31-35-37-38-36-31/h4-7,9,17-19,24,34H,8,10-16,20H2,1-3H3,(H,35,36,37,38). The van der Waals surface area contributed by atoms with Crippen LogP contribution in [0.25, 0.3) is 11.1 Å². The van der Waals surface area contributed by atoms with Crippen molar-refractivity contribution in [1.29, 1.82) is 0 Å². The van der Waals surface area contributed by atoms with Crippen molar-refractivity contribution in [3.05, 3.63) is 88.0 Å². The van der Waals surface area contributed by atoms with Crippen LogP contribution in [0.5, 0.6) is 5.75 Å². The van der Waals surface area contributed by atoms with Crippen LogP contribution in [-0.4, -0.2) is 40.4 Å². The van der Waals surface area contributed by atoms with Crippen LogP contribution in [0.2, 0.25) is 0 Å². The average molecular weight is 544 g/mol. The van der Waals surface area contributed by atoms with Crippen molar-refractivity contribution >= 4 is 5.69 Å². The van der Waals surface area contributed by atoms with E-state index in [0.717, 1.165) is 50.5 Å². The third kappa shape index (κ3) is 6.86. The molecule has 3 aromatic carbocycles. The SMILES string of the molecule is Cc1cc(OCCC2CCOCC2)cc(C)c1-c1cccc(CNc2ccc(CCc3nn[nH]n3)c(F)c2)c1C. The smallest absolute Gasteiger partial charge is 0.174 e. The number of benzene rings is 3. The number of aromatic nitrogens is 4. The van der Waals surface area contributed by atoms with Crippen LogP contribution in [0.1, 0.15) is 52.9 Å². The van der Waals surface area contributed by atoms with E-state index < -0.39 is 0 Å². The highest BCUT2D eigenvalue weighted by Gasteiger charge is 2.16. The molecule has 2 heterocycles. The zero-order chi connectivity index (χ0) is 27.9. The van der Waals surface area contributed by atoms with E-state index in [9.17, 15) is 4.39 Å². The summed E-state index contributed by atoms with van der Waals surface area (Å²) in [4.78, 5) is 0. The first kappa shape index (κ1) is 27.8. The summed E-state index contributed by atoms with van der Waals surface area (Å²) < 4.78 is 26.4. The minimum atomic E-state index is -0.236. The quantitative estimate of drug-likeness (QED) is 0.224. The number of nitrogens with one attached hydrogen (secondary N) is 2. The van der Waals surface area contributed by atoms with E-state index in [4.69, 9.17) is 9.47 Å². The Hall–Kier alpha value is -3.78. The molecule has 210 valence electrons. The fourth-order valence-corrected chi connectivity index (χ4v) is 5.55. The van der Waals surface area contributed by atoms with Gasteiger partial charge in [-0.25, -0.2) is 4.39 Å². The van der Waals surface area contributed by atoms with Crippen molar-refractivity contribution in [1.82, 2.24) is 20.6 Å². The maximum Gasteiger partial charge on any atom is 0.174 e. The molecule has 0 spiro atoms. The van der Waals surface area contributed by atoms with Gasteiger partial charge in [0.2, 0.25) is 0 Å². The van der Waals surface area contributed by atoms with Crippen LogP contribution in [0.3, 0.4) is 0 Å². The van der Waals surface area contributed by atoms with Crippen LogP contribution >= 0.6 is 0 Å². The Morgan fingerprint density at radius 3 is 2.52 bits per heavy atom. The van der Waals surface area contributed by atoms with Crippen LogP contribution in [0.4, 0.5) is 10.1 Å². The van der Waals surface area contributed by atoms with E-state index in [-0.39, 0.29) is 5.82 Å². The summed E-state index contributed by atoms with van der Waals surface area (Å²) in [5.74, 6) is 1.98. The topological polar surface area (TPSA) is 85.0 Å². The molecule has 0 aliphatic carbocycles. The highest BCUT2D eigenvalue weighted by Crippen LogP contribution is 2.34. The lowest BCUT2D eigenvalue weighted by Gasteiger charge is -2.22. The first-order valence-electron chi connectivity index (χ1n) is 14.1. The highest BCUT2D eigenvalue weighted by molar-refractivity contribution is 5.75. The van der Waals surface area contributed by atoms with Crippen molar-refractivity contribution < 1.29 is 13.9 Å². The first-order valence-corrected chi connectivity index (χ1v) is 14.1. The van der Waals surface area contributed by atoms with Gasteiger partial charge in [0.25, 0.3) is 0 Å². The van der Waals surface area contributed by atoms with Crippen molar-refractivity contribution in [3.8, 4) is 16.9 Å². The minimum absolute atomic E-state index is 0.236. The van der Waals surface area contributed by atoms with Crippen molar-refractivity contribution in [2.75, 3.05) is 25.1 Å². The van der Waals surface area contributed by atoms with Gasteiger partial charge in [0.05, 0.1) is 6.61 Å². The van der Waals surface area contributed by atoms with Crippen LogP contribution in [-0.2, 0) is 24.1 Å². The van der Waals surface area contributed by atoms with E-state index in [2.05, 4.69) is 77.0 Å². The Labute approximate surface area is 235 Å². The molecule has 1 aliphatic heterocycles. The Bertz CT molecular complexity index is 1390. The second-order valence-corrected chi connectivity index (χ2v) is 10.7. The molecule has 1 aliphatic rings. The fourth-order valence-electron chi connectivity index (χ4n) is 5.55. The van der Waals surface area contributed by atoms with Crippen LogP contribution in [0.15, 0.2) is 48.5 Å². The summed E-state index contributed by atoms with van der Waals surface area (Å²) in [6.45, 7) is 9.56. The summed E-state index contributed by atoms with van der Waals surface area (Å²) in [6, 6.07) is 16.0. The molecule has 8 heteroatoms. The van der Waals surface area contributed by atoms with E-state index in [1.54, 1.807) is 6.07 Å². The monoisotopic (exact) mass is 543 g/mol. The zero-order valence-corrected chi connectivity index (χ0v) is 23.6. The van der Waals surface area contributed by atoms with E-state index >= 15 is 0 Å². The molecule has 5 rings (SSSR count). The van der Waals surface area contributed by atoms with Gasteiger partial charge in [0, 0.05) is 31.9 Å². The largest absolute Gasteiger partial charge is 0.494 e. The maximum atomic E-state index is 14.7. The summed E-state index contributed by atoms with van der Waals surface area (Å²) in [7, 11) is 0. The van der Waals surface area contributed by atoms with Gasteiger partial charge >= 0.3 is 0 Å². The second kappa shape index (κ2) is 13.0. The molecule has 0 radical (unpaired) electrons. The van der Waals surface area contributed by atoms with Gasteiger partial charge < -0.3 is 14.8 Å². The zero-order valence-electron chi connectivity index (χ0n) is 23.6. The Morgan fingerprint density at radius 2 is 1.80 bits per heavy atom. The fraction of sp³-hybridized carbons (Fsp3) is 0.406. The number of nitrogens with zero attached hydrogens (tertiary/aromatic N) is 3. The number of anilines is 1. The molecule has 0 atom stereocenters. The molecule has 1 aromatic heterocycles. The van der Waals surface area contributed by atoms with Crippen LogP contribution in [0, 0.1) is 32.5 Å². The normalized spacial score (nSPS) is 13.9. The molecule has 1 fully saturated rings. The molecule has 0 unspecified atom stereocenters. The van der Waals surface area contributed by atoms with Crippen molar-refractivity contribution in [3.63, 3.8) is 0 Å². The van der Waals surface area contributed by atoms with Gasteiger partial charge in [-0.1, -0.05) is 29.5 Å². The lowest BCUT2D eigenvalue weighted by molar-refractivity contribution is 0.0593. The number of aromatic amines is 1. The summed E-state index contributed by atoms with van der Waals surface area (Å²) in [6.07, 6.45) is 4.39. The molecule has 0 bridgehead atoms. The van der Waals surface area contributed by atoms with Crippen LogP contribution < -0.4 is 10.1 Å². The van der Waals surface area contributed by atoms with E-state index in [1.807, 2.05) is 12.1 Å². The number of H-pyrrole nitrogens is 1. The van der Waals surface area contributed by atoms with Crippen molar-refractivity contribution in [2.45, 2.75) is 59.4 Å². The third-order valence-electron chi connectivity index (χ3n) is 7.90. The molecule has 40 heavy (non-hydrogen) atoms. The molecular weight excluding hydrogens is 505 g/mol. The molecule has 1 saturated heterocycles. The summed E-state index contributed by atoms with van der Waals surface area (Å²) in [5, 5.41) is 17.2. The van der Waals surface area contributed by atoms with Gasteiger partial charge in [-0.15, -0.1) is 10.2 Å². The summed E-state index contributed by atoms with van der Waals surface area (Å²) in [5.41, 5.74) is 8.64. The predicted octanol–water partition coefficient (Wildman–Crippen LogP) is 6.52. The number of rotatable bonds is 11. The minimum Gasteiger partial charge on any atom is -0.494 e. The van der Waals surface area contributed by atoms with Crippen molar-refractivity contribution in [2.24, 2.45) is 5.92 Å². The summed E-state index contributed by atoms with van der Waals surface area (Å²) >= 11 is 0. The third-order valence-corrected chi connectivity index (χ3v) is 7.90. The van der Waals surface area contributed by atoms with Gasteiger partial charge in [-0.3, -0.25) is 0 Å². The molecule has 0 saturated carbocycles. The lowest BCUT2D eigenvalue weighted by Crippen LogP contribution is -2.17.